The molecular formula is C14H32O4Si2. The molecule has 0 aliphatic heterocycles. The summed E-state index contributed by atoms with van der Waals surface area (Å²) in [6.45, 7) is 15.6. The molecule has 1 saturated carbocycles. The summed E-state index contributed by atoms with van der Waals surface area (Å²) < 4.78 is 24.3. The SMILES string of the molecule is CCO[Si](C)(OCC)C1CCC1[Si](C)(OCC)OCC. The Morgan fingerprint density at radius 3 is 1.05 bits per heavy atom. The van der Waals surface area contributed by atoms with Gasteiger partial charge in [0.05, 0.1) is 0 Å². The van der Waals surface area contributed by atoms with Crippen LogP contribution in [-0.4, -0.2) is 43.5 Å². The topological polar surface area (TPSA) is 36.9 Å². The van der Waals surface area contributed by atoms with Crippen molar-refractivity contribution in [2.45, 2.75) is 64.7 Å². The molecule has 20 heavy (non-hydrogen) atoms. The summed E-state index contributed by atoms with van der Waals surface area (Å²) in [4.78, 5) is 0. The second-order valence-corrected chi connectivity index (χ2v) is 12.3. The summed E-state index contributed by atoms with van der Waals surface area (Å²) >= 11 is 0. The lowest BCUT2D eigenvalue weighted by Crippen LogP contribution is -2.57. The minimum absolute atomic E-state index is 0.511. The van der Waals surface area contributed by atoms with Crippen molar-refractivity contribution >= 4 is 17.1 Å². The van der Waals surface area contributed by atoms with Crippen molar-refractivity contribution < 1.29 is 17.7 Å². The Bertz CT molecular complexity index is 248. The first-order valence-corrected chi connectivity index (χ1v) is 12.8. The Morgan fingerprint density at radius 1 is 0.650 bits per heavy atom. The van der Waals surface area contributed by atoms with Gasteiger partial charge in [0.2, 0.25) is 0 Å². The summed E-state index contributed by atoms with van der Waals surface area (Å²) in [5, 5.41) is 0. The molecule has 0 aromatic rings. The summed E-state index contributed by atoms with van der Waals surface area (Å²) in [6.07, 6.45) is 2.38. The van der Waals surface area contributed by atoms with E-state index in [1.54, 1.807) is 0 Å². The van der Waals surface area contributed by atoms with Gasteiger partial charge in [0.1, 0.15) is 0 Å². The standard InChI is InChI=1S/C14H32O4Si2/c1-7-15-19(5,16-8-2)13-11-12-14(13)20(6,17-9-3)18-10-4/h13-14H,7-12H2,1-6H3. The molecule has 2 unspecified atom stereocenters. The van der Waals surface area contributed by atoms with Crippen LogP contribution in [0.15, 0.2) is 0 Å². The van der Waals surface area contributed by atoms with E-state index >= 15 is 0 Å². The fourth-order valence-corrected chi connectivity index (χ4v) is 11.7. The smallest absolute Gasteiger partial charge is 0.338 e. The first-order chi connectivity index (χ1) is 9.47. The molecule has 6 heteroatoms. The van der Waals surface area contributed by atoms with Crippen LogP contribution in [0, 0.1) is 0 Å². The van der Waals surface area contributed by atoms with Gasteiger partial charge in [-0.15, -0.1) is 0 Å². The van der Waals surface area contributed by atoms with Gasteiger partial charge < -0.3 is 17.7 Å². The maximum absolute atomic E-state index is 6.08. The van der Waals surface area contributed by atoms with E-state index in [9.17, 15) is 0 Å². The largest absolute Gasteiger partial charge is 0.394 e. The second-order valence-electron chi connectivity index (χ2n) is 5.55. The van der Waals surface area contributed by atoms with Crippen LogP contribution in [0.25, 0.3) is 0 Å². The third-order valence-corrected chi connectivity index (χ3v) is 12.2. The zero-order valence-corrected chi connectivity index (χ0v) is 16.0. The lowest BCUT2D eigenvalue weighted by molar-refractivity contribution is 0.134. The van der Waals surface area contributed by atoms with E-state index in [0.717, 1.165) is 26.4 Å². The number of hydrogen-bond donors (Lipinski definition) is 0. The molecule has 1 rings (SSSR count). The Morgan fingerprint density at radius 2 is 0.900 bits per heavy atom. The molecule has 1 aliphatic rings. The molecule has 1 aliphatic carbocycles. The van der Waals surface area contributed by atoms with E-state index in [-0.39, 0.29) is 0 Å². The normalized spacial score (nSPS) is 23.7. The van der Waals surface area contributed by atoms with Gasteiger partial charge in [0.25, 0.3) is 0 Å². The predicted molar refractivity (Wildman–Crippen MR) is 86.5 cm³/mol. The molecule has 0 bridgehead atoms. The van der Waals surface area contributed by atoms with E-state index in [1.165, 1.54) is 12.8 Å². The van der Waals surface area contributed by atoms with E-state index < -0.39 is 17.1 Å². The maximum atomic E-state index is 6.08. The predicted octanol–water partition coefficient (Wildman–Crippen LogP) is 3.81. The molecule has 0 amide bonds. The average molecular weight is 321 g/mol. The van der Waals surface area contributed by atoms with E-state index in [1.807, 2.05) is 0 Å². The van der Waals surface area contributed by atoms with Crippen molar-refractivity contribution in [3.05, 3.63) is 0 Å². The van der Waals surface area contributed by atoms with Gasteiger partial charge in [-0.1, -0.05) is 0 Å². The molecule has 0 aromatic heterocycles. The third kappa shape index (κ3) is 3.92. The fraction of sp³-hybridized carbons (Fsp3) is 1.00. The minimum atomic E-state index is -2.12. The quantitative estimate of drug-likeness (QED) is 0.574. The first-order valence-electron chi connectivity index (χ1n) is 8.03. The maximum Gasteiger partial charge on any atom is 0.338 e. The van der Waals surface area contributed by atoms with Crippen LogP contribution in [-0.2, 0) is 17.7 Å². The molecule has 0 aromatic carbocycles. The Kier molecular flexibility index (Phi) is 7.38. The molecule has 0 spiro atoms. The van der Waals surface area contributed by atoms with Crippen molar-refractivity contribution in [1.29, 1.82) is 0 Å². The van der Waals surface area contributed by atoms with Crippen LogP contribution in [0.4, 0.5) is 0 Å². The van der Waals surface area contributed by atoms with Crippen LogP contribution in [0.3, 0.4) is 0 Å². The molecule has 0 saturated heterocycles. The highest BCUT2D eigenvalue weighted by Gasteiger charge is 2.58. The van der Waals surface area contributed by atoms with Crippen molar-refractivity contribution in [3.63, 3.8) is 0 Å². The average Bonchev–Trinajstić information content (AvgIpc) is 2.27. The van der Waals surface area contributed by atoms with Crippen molar-refractivity contribution in [2.24, 2.45) is 0 Å². The molecule has 0 heterocycles. The summed E-state index contributed by atoms with van der Waals surface area (Å²) in [5.41, 5.74) is 1.02. The highest BCUT2D eigenvalue weighted by atomic mass is 28.4. The van der Waals surface area contributed by atoms with Crippen molar-refractivity contribution in [1.82, 2.24) is 0 Å². The van der Waals surface area contributed by atoms with Gasteiger partial charge in [-0.25, -0.2) is 0 Å². The van der Waals surface area contributed by atoms with Gasteiger partial charge in [0, 0.05) is 37.5 Å². The van der Waals surface area contributed by atoms with E-state index in [4.69, 9.17) is 17.7 Å². The van der Waals surface area contributed by atoms with Crippen LogP contribution in [0.2, 0.25) is 24.2 Å². The number of rotatable bonds is 10. The van der Waals surface area contributed by atoms with Crippen LogP contribution in [0.1, 0.15) is 40.5 Å². The van der Waals surface area contributed by atoms with Gasteiger partial charge in [-0.05, 0) is 53.6 Å². The lowest BCUT2D eigenvalue weighted by Gasteiger charge is -2.50. The summed E-state index contributed by atoms with van der Waals surface area (Å²) in [6, 6.07) is 0. The minimum Gasteiger partial charge on any atom is -0.394 e. The van der Waals surface area contributed by atoms with Gasteiger partial charge in [-0.3, -0.25) is 0 Å². The monoisotopic (exact) mass is 320 g/mol. The highest BCUT2D eigenvalue weighted by molar-refractivity contribution is 6.74. The second kappa shape index (κ2) is 8.05. The zero-order valence-electron chi connectivity index (χ0n) is 14.0. The zero-order chi connectivity index (χ0) is 15.2. The van der Waals surface area contributed by atoms with Gasteiger partial charge in [0.15, 0.2) is 0 Å². The van der Waals surface area contributed by atoms with Crippen LogP contribution >= 0.6 is 0 Å². The number of hydrogen-bond acceptors (Lipinski definition) is 4. The summed E-state index contributed by atoms with van der Waals surface area (Å²) in [7, 11) is -4.24. The van der Waals surface area contributed by atoms with Crippen LogP contribution < -0.4 is 0 Å². The Balaban J connectivity index is 2.85. The first kappa shape index (κ1) is 18.3. The Labute approximate surface area is 126 Å². The van der Waals surface area contributed by atoms with Crippen molar-refractivity contribution in [2.75, 3.05) is 26.4 Å². The Hall–Kier alpha value is 0.274. The van der Waals surface area contributed by atoms with Gasteiger partial charge in [-0.2, -0.15) is 0 Å². The molecule has 1 fully saturated rings. The lowest BCUT2D eigenvalue weighted by atomic mass is 9.98. The van der Waals surface area contributed by atoms with Crippen molar-refractivity contribution in [3.8, 4) is 0 Å². The molecule has 0 N–H and O–H groups in total. The third-order valence-electron chi connectivity index (χ3n) is 4.35. The highest BCUT2D eigenvalue weighted by Crippen LogP contribution is 2.56. The molecule has 2 atom stereocenters. The molecule has 0 radical (unpaired) electrons. The van der Waals surface area contributed by atoms with E-state index in [0.29, 0.717) is 11.1 Å². The molecule has 4 nitrogen and oxygen atoms in total. The summed E-state index contributed by atoms with van der Waals surface area (Å²) in [5.74, 6) is 0. The molecular weight excluding hydrogens is 288 g/mol. The van der Waals surface area contributed by atoms with Crippen LogP contribution in [0.5, 0.6) is 0 Å². The van der Waals surface area contributed by atoms with E-state index in [2.05, 4.69) is 40.8 Å². The fourth-order valence-electron chi connectivity index (χ4n) is 3.41. The molecule has 120 valence electrons. The van der Waals surface area contributed by atoms with Gasteiger partial charge >= 0.3 is 17.1 Å².